The van der Waals surface area contributed by atoms with Crippen molar-refractivity contribution in [3.8, 4) is 5.75 Å². The molecule has 4 aromatic rings. The molecular formula is C23H24FN7O2. The number of ether oxygens (including phenoxy) is 1. The van der Waals surface area contributed by atoms with E-state index in [-0.39, 0.29) is 17.3 Å². The minimum absolute atomic E-state index is 0.249. The Morgan fingerprint density at radius 3 is 2.79 bits per heavy atom. The van der Waals surface area contributed by atoms with E-state index >= 15 is 0 Å². The smallest absolute Gasteiger partial charge is 0.272 e. The van der Waals surface area contributed by atoms with E-state index in [2.05, 4.69) is 30.9 Å². The van der Waals surface area contributed by atoms with Crippen molar-refractivity contribution in [1.82, 2.24) is 30.3 Å². The lowest BCUT2D eigenvalue weighted by Crippen LogP contribution is -2.30. The van der Waals surface area contributed by atoms with Crippen molar-refractivity contribution < 1.29 is 9.13 Å². The molecule has 0 unspecified atom stereocenters. The molecule has 0 fully saturated rings. The highest BCUT2D eigenvalue weighted by molar-refractivity contribution is 5.97. The molecular weight excluding hydrogens is 425 g/mol. The third-order valence-corrected chi connectivity index (χ3v) is 5.92. The van der Waals surface area contributed by atoms with Crippen LogP contribution in [0.3, 0.4) is 0 Å². The molecule has 0 radical (unpaired) electrons. The van der Waals surface area contributed by atoms with Gasteiger partial charge in [0, 0.05) is 18.1 Å². The number of hydrogen-bond donors (Lipinski definition) is 3. The zero-order valence-electron chi connectivity index (χ0n) is 18.3. The fraction of sp³-hybridized carbons (Fsp3) is 0.304. The van der Waals surface area contributed by atoms with Crippen LogP contribution in [0.2, 0.25) is 0 Å². The summed E-state index contributed by atoms with van der Waals surface area (Å²) in [5.74, 6) is 0.596. The van der Waals surface area contributed by atoms with Gasteiger partial charge in [-0.25, -0.2) is 14.5 Å². The third-order valence-electron chi connectivity index (χ3n) is 5.92. The molecule has 10 heteroatoms. The van der Waals surface area contributed by atoms with Gasteiger partial charge >= 0.3 is 0 Å². The zero-order valence-corrected chi connectivity index (χ0v) is 18.3. The summed E-state index contributed by atoms with van der Waals surface area (Å²) in [7, 11) is 3.72. The summed E-state index contributed by atoms with van der Waals surface area (Å²) < 4.78 is 21.8. The fourth-order valence-corrected chi connectivity index (χ4v) is 4.38. The fourth-order valence-electron chi connectivity index (χ4n) is 4.38. The van der Waals surface area contributed by atoms with E-state index < -0.39 is 11.4 Å². The molecule has 33 heavy (non-hydrogen) atoms. The second-order valence-corrected chi connectivity index (χ2v) is 8.03. The standard InChI is InChI=1S/C23H24FN7O2/c1-25-8-3-9-33-15-6-4-13(5-7-15)20-19(22-26-12-27-31(22)2)21-18-16(23(32)30-29-21)10-14(24)11-17(18)28-20/h4-7,10-12,19-20,25,28H,3,8-9H2,1-2H3,(H,30,32)/t19-,20-/m1/s1. The maximum atomic E-state index is 14.3. The van der Waals surface area contributed by atoms with Crippen LogP contribution in [0, 0.1) is 5.82 Å². The van der Waals surface area contributed by atoms with Crippen molar-refractivity contribution in [3.05, 3.63) is 76.0 Å². The number of rotatable bonds is 7. The van der Waals surface area contributed by atoms with Gasteiger partial charge in [0.2, 0.25) is 0 Å². The van der Waals surface area contributed by atoms with Crippen LogP contribution in [0.25, 0.3) is 10.8 Å². The molecule has 0 amide bonds. The van der Waals surface area contributed by atoms with Crippen LogP contribution in [0.15, 0.2) is 47.5 Å². The number of anilines is 1. The van der Waals surface area contributed by atoms with Gasteiger partial charge in [-0.3, -0.25) is 9.48 Å². The van der Waals surface area contributed by atoms with E-state index in [1.54, 1.807) is 4.68 Å². The first kappa shape index (κ1) is 21.1. The number of H-pyrrole nitrogens is 1. The van der Waals surface area contributed by atoms with Gasteiger partial charge in [-0.2, -0.15) is 10.2 Å². The van der Waals surface area contributed by atoms with E-state index in [1.807, 2.05) is 38.4 Å². The van der Waals surface area contributed by atoms with Crippen molar-refractivity contribution in [3.63, 3.8) is 0 Å². The van der Waals surface area contributed by atoms with Crippen molar-refractivity contribution in [2.75, 3.05) is 25.5 Å². The maximum absolute atomic E-state index is 14.3. The molecule has 3 N–H and O–H groups in total. The number of halogens is 1. The third kappa shape index (κ3) is 3.82. The Hall–Kier alpha value is -3.79. The Labute approximate surface area is 189 Å². The van der Waals surface area contributed by atoms with Gasteiger partial charge in [0.25, 0.3) is 5.56 Å². The summed E-state index contributed by atoms with van der Waals surface area (Å²) in [6, 6.07) is 10.1. The molecule has 170 valence electrons. The van der Waals surface area contributed by atoms with Crippen LogP contribution < -0.4 is 20.9 Å². The van der Waals surface area contributed by atoms with Gasteiger partial charge in [0.05, 0.1) is 29.6 Å². The van der Waals surface area contributed by atoms with Gasteiger partial charge in [-0.15, -0.1) is 0 Å². The number of hydrogen-bond acceptors (Lipinski definition) is 7. The second kappa shape index (κ2) is 8.62. The summed E-state index contributed by atoms with van der Waals surface area (Å²) in [6.07, 6.45) is 2.39. The molecule has 1 aliphatic rings. The molecule has 3 heterocycles. The topological polar surface area (TPSA) is 110 Å². The first-order valence-corrected chi connectivity index (χ1v) is 10.8. The van der Waals surface area contributed by atoms with Gasteiger partial charge in [0.15, 0.2) is 0 Å². The quantitative estimate of drug-likeness (QED) is 0.372. The maximum Gasteiger partial charge on any atom is 0.272 e. The van der Waals surface area contributed by atoms with E-state index in [1.165, 1.54) is 18.5 Å². The van der Waals surface area contributed by atoms with Crippen molar-refractivity contribution in [2.45, 2.75) is 18.4 Å². The highest BCUT2D eigenvalue weighted by Gasteiger charge is 2.37. The lowest BCUT2D eigenvalue weighted by Gasteiger charge is -2.33. The van der Waals surface area contributed by atoms with E-state index in [4.69, 9.17) is 4.74 Å². The Balaban J connectivity index is 1.58. The SMILES string of the molecule is CNCCCOc1ccc([C@H]2Nc3cc(F)cc4c(=O)[nH]nc(c34)[C@@H]2c2ncnn2C)cc1. The van der Waals surface area contributed by atoms with Crippen LogP contribution in [0.4, 0.5) is 10.1 Å². The van der Waals surface area contributed by atoms with Crippen LogP contribution in [-0.4, -0.2) is 45.2 Å². The Bertz CT molecular complexity index is 1350. The number of nitrogens with zero attached hydrogens (tertiary/aromatic N) is 4. The Morgan fingerprint density at radius 1 is 1.24 bits per heavy atom. The van der Waals surface area contributed by atoms with Crippen molar-refractivity contribution in [1.29, 1.82) is 0 Å². The largest absolute Gasteiger partial charge is 0.494 e. The molecule has 2 aromatic heterocycles. The molecule has 0 bridgehead atoms. The van der Waals surface area contributed by atoms with E-state index in [0.717, 1.165) is 24.3 Å². The summed E-state index contributed by atoms with van der Waals surface area (Å²) in [4.78, 5) is 16.9. The lowest BCUT2D eigenvalue weighted by molar-refractivity contribution is 0.309. The van der Waals surface area contributed by atoms with Crippen LogP contribution in [0.1, 0.15) is 35.5 Å². The summed E-state index contributed by atoms with van der Waals surface area (Å²) >= 11 is 0. The lowest BCUT2D eigenvalue weighted by atomic mass is 9.83. The molecule has 2 aromatic carbocycles. The number of nitrogens with one attached hydrogen (secondary N) is 3. The van der Waals surface area contributed by atoms with Crippen LogP contribution >= 0.6 is 0 Å². The van der Waals surface area contributed by atoms with E-state index in [9.17, 15) is 9.18 Å². The molecule has 0 aliphatic carbocycles. The van der Waals surface area contributed by atoms with Crippen molar-refractivity contribution >= 4 is 16.5 Å². The minimum atomic E-state index is -0.492. The molecule has 9 nitrogen and oxygen atoms in total. The van der Waals surface area contributed by atoms with Gasteiger partial charge in [-0.1, -0.05) is 12.1 Å². The number of benzene rings is 2. The normalized spacial score (nSPS) is 17.2. The number of aryl methyl sites for hydroxylation is 1. The summed E-state index contributed by atoms with van der Waals surface area (Å²) in [5.41, 5.74) is 1.65. The number of aromatic nitrogens is 5. The average molecular weight is 449 g/mol. The van der Waals surface area contributed by atoms with Gasteiger partial charge in [-0.05, 0) is 49.8 Å². The molecule has 0 spiro atoms. The van der Waals surface area contributed by atoms with Gasteiger partial charge in [0.1, 0.15) is 23.7 Å². The molecule has 1 aliphatic heterocycles. The second-order valence-electron chi connectivity index (χ2n) is 8.03. The first-order valence-electron chi connectivity index (χ1n) is 10.8. The molecule has 0 saturated heterocycles. The average Bonchev–Trinajstić information content (AvgIpc) is 3.24. The number of aromatic amines is 1. The summed E-state index contributed by atoms with van der Waals surface area (Å²) in [5, 5.41) is 18.5. The van der Waals surface area contributed by atoms with Gasteiger partial charge < -0.3 is 15.4 Å². The summed E-state index contributed by atoms with van der Waals surface area (Å²) in [6.45, 7) is 1.51. The molecule has 0 saturated carbocycles. The van der Waals surface area contributed by atoms with Crippen molar-refractivity contribution in [2.24, 2.45) is 7.05 Å². The molecule has 2 atom stereocenters. The molecule has 5 rings (SSSR count). The first-order chi connectivity index (χ1) is 16.1. The zero-order chi connectivity index (χ0) is 22.9. The monoisotopic (exact) mass is 449 g/mol. The van der Waals surface area contributed by atoms with E-state index in [0.29, 0.717) is 29.2 Å². The Kier molecular flexibility index (Phi) is 5.51. The predicted octanol–water partition coefficient (Wildman–Crippen LogP) is 2.48. The highest BCUT2D eigenvalue weighted by Crippen LogP contribution is 2.46. The predicted molar refractivity (Wildman–Crippen MR) is 122 cm³/mol. The Morgan fingerprint density at radius 2 is 2.06 bits per heavy atom. The van der Waals surface area contributed by atoms with Crippen LogP contribution in [0.5, 0.6) is 5.75 Å². The van der Waals surface area contributed by atoms with Crippen LogP contribution in [-0.2, 0) is 7.05 Å². The highest BCUT2D eigenvalue weighted by atomic mass is 19.1. The minimum Gasteiger partial charge on any atom is -0.494 e.